The molecule has 0 unspecified atom stereocenters. The Bertz CT molecular complexity index is 573. The van der Waals surface area contributed by atoms with Crippen molar-refractivity contribution in [3.05, 3.63) is 53.6 Å². The number of rotatable bonds is 5. The molecule has 2 heterocycles. The highest BCUT2D eigenvalue weighted by atomic mass is 15.2. The zero-order valence-electron chi connectivity index (χ0n) is 13.1. The lowest BCUT2D eigenvalue weighted by atomic mass is 10.1. The first kappa shape index (κ1) is 14.3. The summed E-state index contributed by atoms with van der Waals surface area (Å²) in [4.78, 5) is 7.29. The molecule has 3 rings (SSSR count). The SMILES string of the molecule is Cc1cn(C)c([C@H]2CCN(CCCc3ccccc3)C2)n1. The van der Waals surface area contributed by atoms with Crippen LogP contribution in [0.3, 0.4) is 0 Å². The van der Waals surface area contributed by atoms with Crippen molar-refractivity contribution in [2.24, 2.45) is 7.05 Å². The topological polar surface area (TPSA) is 21.1 Å². The average molecular weight is 283 g/mol. The van der Waals surface area contributed by atoms with Crippen LogP contribution in [0.1, 0.15) is 35.8 Å². The van der Waals surface area contributed by atoms with Crippen molar-refractivity contribution in [3.63, 3.8) is 0 Å². The number of nitrogens with zero attached hydrogens (tertiary/aromatic N) is 3. The van der Waals surface area contributed by atoms with Crippen LogP contribution >= 0.6 is 0 Å². The lowest BCUT2D eigenvalue weighted by molar-refractivity contribution is 0.328. The molecule has 2 aromatic rings. The Morgan fingerprint density at radius 2 is 2.05 bits per heavy atom. The molecule has 0 radical (unpaired) electrons. The zero-order chi connectivity index (χ0) is 14.7. The van der Waals surface area contributed by atoms with Crippen LogP contribution in [-0.4, -0.2) is 34.1 Å². The van der Waals surface area contributed by atoms with Crippen molar-refractivity contribution < 1.29 is 0 Å². The third kappa shape index (κ3) is 3.53. The molecule has 1 aromatic heterocycles. The molecule has 0 saturated carbocycles. The van der Waals surface area contributed by atoms with Gasteiger partial charge in [0.1, 0.15) is 5.82 Å². The molecule has 0 N–H and O–H groups in total. The minimum atomic E-state index is 0.612. The van der Waals surface area contributed by atoms with E-state index in [1.165, 1.54) is 50.3 Å². The molecule has 0 spiro atoms. The van der Waals surface area contributed by atoms with Gasteiger partial charge in [-0.05, 0) is 44.8 Å². The van der Waals surface area contributed by atoms with Crippen LogP contribution in [0.25, 0.3) is 0 Å². The molecule has 21 heavy (non-hydrogen) atoms. The molecule has 1 aliphatic heterocycles. The summed E-state index contributed by atoms with van der Waals surface area (Å²) in [5.74, 6) is 1.87. The van der Waals surface area contributed by atoms with E-state index in [1.54, 1.807) is 0 Å². The molecule has 1 atom stereocenters. The minimum absolute atomic E-state index is 0.612. The van der Waals surface area contributed by atoms with Crippen LogP contribution in [0.5, 0.6) is 0 Å². The normalized spacial score (nSPS) is 19.2. The summed E-state index contributed by atoms with van der Waals surface area (Å²) in [7, 11) is 2.12. The highest BCUT2D eigenvalue weighted by molar-refractivity contribution is 5.14. The van der Waals surface area contributed by atoms with E-state index in [2.05, 4.69) is 60.0 Å². The second-order valence-electron chi connectivity index (χ2n) is 6.23. The fraction of sp³-hybridized carbons (Fsp3) is 0.500. The monoisotopic (exact) mass is 283 g/mol. The molecule has 0 aliphatic carbocycles. The van der Waals surface area contributed by atoms with Gasteiger partial charge in [-0.2, -0.15) is 0 Å². The van der Waals surface area contributed by atoms with Gasteiger partial charge in [-0.3, -0.25) is 0 Å². The number of imidazole rings is 1. The van der Waals surface area contributed by atoms with Gasteiger partial charge >= 0.3 is 0 Å². The molecule has 1 fully saturated rings. The number of aryl methyl sites for hydroxylation is 3. The van der Waals surface area contributed by atoms with Gasteiger partial charge < -0.3 is 9.47 Å². The first-order valence-electron chi connectivity index (χ1n) is 7.98. The molecule has 1 aliphatic rings. The van der Waals surface area contributed by atoms with Crippen LogP contribution in [0.2, 0.25) is 0 Å². The lowest BCUT2D eigenvalue weighted by Crippen LogP contribution is -2.22. The van der Waals surface area contributed by atoms with Gasteiger partial charge in [-0.1, -0.05) is 30.3 Å². The maximum atomic E-state index is 4.69. The maximum absolute atomic E-state index is 4.69. The molecule has 0 bridgehead atoms. The molecular weight excluding hydrogens is 258 g/mol. The second kappa shape index (κ2) is 6.44. The first-order valence-corrected chi connectivity index (χ1v) is 7.98. The van der Waals surface area contributed by atoms with Gasteiger partial charge in [0.15, 0.2) is 0 Å². The lowest BCUT2D eigenvalue weighted by Gasteiger charge is -2.15. The summed E-state index contributed by atoms with van der Waals surface area (Å²) in [6, 6.07) is 10.8. The Labute approximate surface area is 127 Å². The van der Waals surface area contributed by atoms with Crippen molar-refractivity contribution in [3.8, 4) is 0 Å². The number of hydrogen-bond donors (Lipinski definition) is 0. The largest absolute Gasteiger partial charge is 0.337 e. The molecular formula is C18H25N3. The quantitative estimate of drug-likeness (QED) is 0.840. The smallest absolute Gasteiger partial charge is 0.113 e. The Balaban J connectivity index is 1.48. The Hall–Kier alpha value is -1.61. The van der Waals surface area contributed by atoms with Crippen molar-refractivity contribution in [2.75, 3.05) is 19.6 Å². The van der Waals surface area contributed by atoms with Crippen LogP contribution in [-0.2, 0) is 13.5 Å². The Morgan fingerprint density at radius 3 is 2.76 bits per heavy atom. The van der Waals surface area contributed by atoms with Crippen molar-refractivity contribution in [1.82, 2.24) is 14.5 Å². The minimum Gasteiger partial charge on any atom is -0.337 e. The number of likely N-dealkylation sites (tertiary alicyclic amines) is 1. The fourth-order valence-electron chi connectivity index (χ4n) is 3.41. The van der Waals surface area contributed by atoms with Crippen LogP contribution in [0, 0.1) is 6.92 Å². The van der Waals surface area contributed by atoms with Crippen molar-refractivity contribution in [2.45, 2.75) is 32.1 Å². The van der Waals surface area contributed by atoms with E-state index in [0.717, 1.165) is 5.69 Å². The molecule has 1 saturated heterocycles. The van der Waals surface area contributed by atoms with Gasteiger partial charge in [0, 0.05) is 25.7 Å². The molecule has 0 amide bonds. The van der Waals surface area contributed by atoms with Gasteiger partial charge in [-0.15, -0.1) is 0 Å². The van der Waals surface area contributed by atoms with E-state index >= 15 is 0 Å². The third-order valence-electron chi connectivity index (χ3n) is 4.45. The molecule has 3 nitrogen and oxygen atoms in total. The Morgan fingerprint density at radius 1 is 1.24 bits per heavy atom. The molecule has 112 valence electrons. The van der Waals surface area contributed by atoms with Crippen LogP contribution < -0.4 is 0 Å². The summed E-state index contributed by atoms with van der Waals surface area (Å²) in [6.45, 7) is 5.66. The summed E-state index contributed by atoms with van der Waals surface area (Å²) >= 11 is 0. The average Bonchev–Trinajstić information content (AvgIpc) is 3.06. The predicted octanol–water partition coefficient (Wildman–Crippen LogP) is 3.15. The van der Waals surface area contributed by atoms with E-state index < -0.39 is 0 Å². The summed E-state index contributed by atoms with van der Waals surface area (Å²) < 4.78 is 2.20. The van der Waals surface area contributed by atoms with Crippen LogP contribution in [0.4, 0.5) is 0 Å². The standard InChI is InChI=1S/C18H25N3/c1-15-13-20(2)18(19-15)17-10-12-21(14-17)11-6-9-16-7-4-3-5-8-16/h3-5,7-8,13,17H,6,9-12,14H2,1-2H3/t17-/m0/s1. The van der Waals surface area contributed by atoms with E-state index in [0.29, 0.717) is 5.92 Å². The van der Waals surface area contributed by atoms with Gasteiger partial charge in [0.05, 0.1) is 5.69 Å². The fourth-order valence-corrected chi connectivity index (χ4v) is 3.41. The molecule has 3 heteroatoms. The number of benzene rings is 1. The van der Waals surface area contributed by atoms with Crippen LogP contribution in [0.15, 0.2) is 36.5 Å². The third-order valence-corrected chi connectivity index (χ3v) is 4.45. The Kier molecular flexibility index (Phi) is 4.39. The second-order valence-corrected chi connectivity index (χ2v) is 6.23. The zero-order valence-corrected chi connectivity index (χ0v) is 13.1. The summed E-state index contributed by atoms with van der Waals surface area (Å²) in [5, 5.41) is 0. The molecule has 1 aromatic carbocycles. The van der Waals surface area contributed by atoms with E-state index in [1.807, 2.05) is 0 Å². The number of hydrogen-bond acceptors (Lipinski definition) is 2. The van der Waals surface area contributed by atoms with Crippen molar-refractivity contribution >= 4 is 0 Å². The first-order chi connectivity index (χ1) is 10.2. The van der Waals surface area contributed by atoms with Gasteiger partial charge in [0.2, 0.25) is 0 Å². The van der Waals surface area contributed by atoms with E-state index in [-0.39, 0.29) is 0 Å². The highest BCUT2D eigenvalue weighted by Gasteiger charge is 2.26. The van der Waals surface area contributed by atoms with E-state index in [9.17, 15) is 0 Å². The van der Waals surface area contributed by atoms with Crippen molar-refractivity contribution in [1.29, 1.82) is 0 Å². The van der Waals surface area contributed by atoms with E-state index in [4.69, 9.17) is 4.98 Å². The summed E-state index contributed by atoms with van der Waals surface area (Å²) in [6.07, 6.45) is 5.81. The van der Waals surface area contributed by atoms with Gasteiger partial charge in [0.25, 0.3) is 0 Å². The predicted molar refractivity (Wildman–Crippen MR) is 86.5 cm³/mol. The number of aromatic nitrogens is 2. The van der Waals surface area contributed by atoms with Gasteiger partial charge in [-0.25, -0.2) is 4.98 Å². The maximum Gasteiger partial charge on any atom is 0.113 e. The summed E-state index contributed by atoms with van der Waals surface area (Å²) in [5.41, 5.74) is 2.59. The highest BCUT2D eigenvalue weighted by Crippen LogP contribution is 2.26.